The van der Waals surface area contributed by atoms with Gasteiger partial charge in [0.05, 0.1) is 7.11 Å². The van der Waals surface area contributed by atoms with Gasteiger partial charge in [-0.1, -0.05) is 26.0 Å². The molecule has 19 heavy (non-hydrogen) atoms. The molecule has 1 rings (SSSR count). The van der Waals surface area contributed by atoms with Gasteiger partial charge in [0.15, 0.2) is 0 Å². The van der Waals surface area contributed by atoms with Crippen molar-refractivity contribution in [1.82, 2.24) is 5.32 Å². The Morgan fingerprint density at radius 1 is 1.26 bits per heavy atom. The lowest BCUT2D eigenvalue weighted by atomic mass is 9.88. The number of hydrogen-bond acceptors (Lipinski definition) is 3. The quantitative estimate of drug-likeness (QED) is 0.745. The van der Waals surface area contributed by atoms with Crippen LogP contribution in [-0.4, -0.2) is 33.9 Å². The summed E-state index contributed by atoms with van der Waals surface area (Å²) in [6, 6.07) is 8.33. The predicted octanol–water partition coefficient (Wildman–Crippen LogP) is 2.75. The van der Waals surface area contributed by atoms with Crippen LogP contribution in [0.3, 0.4) is 0 Å². The first-order valence-electron chi connectivity index (χ1n) is 7.03. The van der Waals surface area contributed by atoms with E-state index < -0.39 is 0 Å². The average molecular weight is 265 g/mol. The van der Waals surface area contributed by atoms with Gasteiger partial charge < -0.3 is 14.8 Å². The lowest BCUT2D eigenvalue weighted by molar-refractivity contribution is 0.128. The molecule has 1 aromatic rings. The molecule has 0 bridgehead atoms. The van der Waals surface area contributed by atoms with Crippen molar-refractivity contribution >= 4 is 0 Å². The summed E-state index contributed by atoms with van der Waals surface area (Å²) in [5.74, 6) is 2.04. The Morgan fingerprint density at radius 3 is 2.68 bits per heavy atom. The second-order valence-corrected chi connectivity index (χ2v) is 5.06. The molecule has 0 aliphatic rings. The molecular formula is C16H27NO2. The van der Waals surface area contributed by atoms with Gasteiger partial charge in [0, 0.05) is 13.7 Å². The maximum atomic E-state index is 5.29. The first-order valence-corrected chi connectivity index (χ1v) is 7.03. The molecule has 0 aromatic heterocycles. The predicted molar refractivity (Wildman–Crippen MR) is 79.8 cm³/mol. The van der Waals surface area contributed by atoms with E-state index in [0.717, 1.165) is 31.9 Å². The van der Waals surface area contributed by atoms with E-state index in [9.17, 15) is 0 Å². The molecule has 0 saturated carbocycles. The van der Waals surface area contributed by atoms with Crippen LogP contribution in [0.15, 0.2) is 24.3 Å². The van der Waals surface area contributed by atoms with E-state index >= 15 is 0 Å². The van der Waals surface area contributed by atoms with Crippen LogP contribution in [0.1, 0.15) is 19.4 Å². The first kappa shape index (κ1) is 16.0. The average Bonchev–Trinajstić information content (AvgIpc) is 2.43. The van der Waals surface area contributed by atoms with Crippen molar-refractivity contribution in [2.75, 3.05) is 33.9 Å². The van der Waals surface area contributed by atoms with Gasteiger partial charge in [0.1, 0.15) is 5.75 Å². The Morgan fingerprint density at radius 2 is 2.05 bits per heavy atom. The Balaban J connectivity index is 2.68. The molecule has 0 aliphatic heterocycles. The third-order valence-electron chi connectivity index (χ3n) is 3.52. The highest BCUT2D eigenvalue weighted by Gasteiger charge is 2.17. The molecule has 0 fully saturated rings. The third kappa shape index (κ3) is 5.62. The van der Waals surface area contributed by atoms with Crippen molar-refractivity contribution in [1.29, 1.82) is 0 Å². The van der Waals surface area contributed by atoms with Crippen molar-refractivity contribution in [2.24, 2.45) is 11.8 Å². The molecule has 0 heterocycles. The van der Waals surface area contributed by atoms with Crippen molar-refractivity contribution in [3.8, 4) is 5.75 Å². The molecule has 1 N–H and O–H groups in total. The van der Waals surface area contributed by atoms with Crippen LogP contribution in [0.25, 0.3) is 0 Å². The smallest absolute Gasteiger partial charge is 0.119 e. The van der Waals surface area contributed by atoms with Crippen LogP contribution in [0.5, 0.6) is 5.75 Å². The number of benzene rings is 1. The van der Waals surface area contributed by atoms with Crippen LogP contribution >= 0.6 is 0 Å². The van der Waals surface area contributed by atoms with Gasteiger partial charge in [-0.05, 0) is 49.0 Å². The second kappa shape index (κ2) is 8.94. The van der Waals surface area contributed by atoms with Crippen molar-refractivity contribution in [2.45, 2.75) is 20.3 Å². The maximum absolute atomic E-state index is 5.29. The van der Waals surface area contributed by atoms with Crippen LogP contribution in [0.2, 0.25) is 0 Å². The van der Waals surface area contributed by atoms with Crippen molar-refractivity contribution in [3.05, 3.63) is 29.8 Å². The lowest BCUT2D eigenvalue weighted by Crippen LogP contribution is -2.30. The van der Waals surface area contributed by atoms with Gasteiger partial charge >= 0.3 is 0 Å². The fourth-order valence-corrected chi connectivity index (χ4v) is 2.31. The Hall–Kier alpha value is -1.06. The van der Waals surface area contributed by atoms with Gasteiger partial charge in [0.25, 0.3) is 0 Å². The monoisotopic (exact) mass is 265 g/mol. The van der Waals surface area contributed by atoms with Crippen LogP contribution in [-0.2, 0) is 11.2 Å². The topological polar surface area (TPSA) is 30.5 Å². The standard InChI is InChI=1S/C16H27NO2/c1-5-17-11-15(13(2)12-18-3)9-14-7-6-8-16(10-14)19-4/h6-8,10,13,15,17H,5,9,11-12H2,1-4H3. The summed E-state index contributed by atoms with van der Waals surface area (Å²) in [7, 11) is 3.48. The van der Waals surface area contributed by atoms with Gasteiger partial charge in [0.2, 0.25) is 0 Å². The van der Waals surface area contributed by atoms with Crippen molar-refractivity contribution in [3.63, 3.8) is 0 Å². The Bertz CT molecular complexity index is 354. The summed E-state index contributed by atoms with van der Waals surface area (Å²) >= 11 is 0. The zero-order chi connectivity index (χ0) is 14.1. The molecule has 1 aromatic carbocycles. The molecule has 0 spiro atoms. The molecule has 108 valence electrons. The summed E-state index contributed by atoms with van der Waals surface area (Å²) in [5.41, 5.74) is 1.32. The van der Waals surface area contributed by atoms with E-state index in [1.165, 1.54) is 5.56 Å². The van der Waals surface area contributed by atoms with Crippen LogP contribution in [0.4, 0.5) is 0 Å². The first-order chi connectivity index (χ1) is 9.21. The van der Waals surface area contributed by atoms with E-state index in [1.807, 2.05) is 6.07 Å². The van der Waals surface area contributed by atoms with Gasteiger partial charge in [-0.15, -0.1) is 0 Å². The highest BCUT2D eigenvalue weighted by atomic mass is 16.5. The minimum Gasteiger partial charge on any atom is -0.497 e. The molecule has 0 aliphatic carbocycles. The van der Waals surface area contributed by atoms with Crippen LogP contribution in [0, 0.1) is 11.8 Å². The lowest BCUT2D eigenvalue weighted by Gasteiger charge is -2.24. The van der Waals surface area contributed by atoms with Crippen LogP contribution < -0.4 is 10.1 Å². The highest BCUT2D eigenvalue weighted by molar-refractivity contribution is 5.28. The molecule has 3 nitrogen and oxygen atoms in total. The van der Waals surface area contributed by atoms with Crippen molar-refractivity contribution < 1.29 is 9.47 Å². The molecule has 0 saturated heterocycles. The third-order valence-corrected chi connectivity index (χ3v) is 3.52. The summed E-state index contributed by atoms with van der Waals surface area (Å²) in [6.45, 7) is 7.24. The van der Waals surface area contributed by atoms with E-state index in [2.05, 4.69) is 37.4 Å². The molecule has 2 atom stereocenters. The number of ether oxygens (including phenoxy) is 2. The molecular weight excluding hydrogens is 238 g/mol. The van der Waals surface area contributed by atoms with Gasteiger partial charge in [-0.25, -0.2) is 0 Å². The van der Waals surface area contributed by atoms with E-state index in [4.69, 9.17) is 9.47 Å². The summed E-state index contributed by atoms with van der Waals surface area (Å²) < 4.78 is 10.6. The van der Waals surface area contributed by atoms with Gasteiger partial charge in [-0.2, -0.15) is 0 Å². The SMILES string of the molecule is CCNCC(Cc1cccc(OC)c1)C(C)COC. The summed E-state index contributed by atoms with van der Waals surface area (Å²) in [4.78, 5) is 0. The highest BCUT2D eigenvalue weighted by Crippen LogP contribution is 2.20. The fraction of sp³-hybridized carbons (Fsp3) is 0.625. The van der Waals surface area contributed by atoms with E-state index in [-0.39, 0.29) is 0 Å². The molecule has 0 radical (unpaired) electrons. The van der Waals surface area contributed by atoms with Gasteiger partial charge in [-0.3, -0.25) is 0 Å². The molecule has 2 unspecified atom stereocenters. The Kier molecular flexibility index (Phi) is 7.53. The zero-order valence-corrected chi connectivity index (χ0v) is 12.6. The maximum Gasteiger partial charge on any atom is 0.119 e. The van der Waals surface area contributed by atoms with E-state index in [0.29, 0.717) is 11.8 Å². The summed E-state index contributed by atoms with van der Waals surface area (Å²) in [5, 5.41) is 3.45. The zero-order valence-electron chi connectivity index (χ0n) is 12.6. The number of hydrogen-bond donors (Lipinski definition) is 1. The molecule has 0 amide bonds. The van der Waals surface area contributed by atoms with E-state index in [1.54, 1.807) is 14.2 Å². The number of methoxy groups -OCH3 is 2. The Labute approximate surface area is 117 Å². The minimum absolute atomic E-state index is 0.537. The number of rotatable bonds is 9. The second-order valence-electron chi connectivity index (χ2n) is 5.06. The fourth-order valence-electron chi connectivity index (χ4n) is 2.31. The minimum atomic E-state index is 0.537. The normalized spacial score (nSPS) is 14.1. The summed E-state index contributed by atoms with van der Waals surface area (Å²) in [6.07, 6.45) is 1.05. The largest absolute Gasteiger partial charge is 0.497 e. The number of nitrogens with one attached hydrogen (secondary N) is 1. The molecule has 3 heteroatoms.